The summed E-state index contributed by atoms with van der Waals surface area (Å²) >= 11 is 12.1. The van der Waals surface area contributed by atoms with Crippen LogP contribution in [0.5, 0.6) is 0 Å². The predicted octanol–water partition coefficient (Wildman–Crippen LogP) is 4.81. The predicted molar refractivity (Wildman–Crippen MR) is 113 cm³/mol. The number of hydrogen-bond acceptors (Lipinski definition) is 3. The van der Waals surface area contributed by atoms with Crippen LogP contribution in [0.2, 0.25) is 10.0 Å². The van der Waals surface area contributed by atoms with Crippen LogP contribution in [-0.2, 0) is 22.3 Å². The van der Waals surface area contributed by atoms with Crippen molar-refractivity contribution in [2.75, 3.05) is 5.32 Å². The Morgan fingerprint density at radius 2 is 1.96 bits per heavy atom. The van der Waals surface area contributed by atoms with E-state index in [1.165, 1.54) is 6.07 Å². The number of amides is 1. The molecule has 5 nitrogen and oxygen atoms in total. The highest BCUT2D eigenvalue weighted by Crippen LogP contribution is 2.33. The average molecular weight is 434 g/mol. The van der Waals surface area contributed by atoms with Gasteiger partial charge >= 0.3 is 0 Å². The molecule has 0 unspecified atom stereocenters. The number of benzene rings is 2. The summed E-state index contributed by atoms with van der Waals surface area (Å²) in [6.07, 6.45) is 0. The lowest BCUT2D eigenvalue weighted by Gasteiger charge is -2.14. The Hall–Kier alpha value is -2.15. The first-order chi connectivity index (χ1) is 13.3. The summed E-state index contributed by atoms with van der Waals surface area (Å²) in [6, 6.07) is 10.6. The van der Waals surface area contributed by atoms with Crippen LogP contribution in [0, 0.1) is 13.8 Å². The van der Waals surface area contributed by atoms with E-state index in [9.17, 15) is 9.00 Å². The van der Waals surface area contributed by atoms with Gasteiger partial charge in [-0.2, -0.15) is 5.10 Å². The first kappa shape index (κ1) is 19.2. The SMILES string of the molecule is Cc1cccc(-n2nc3c(c2NC(=O)c2ccc(Cl)cc2Cl)C[S@](=O)C3)c1C. The fourth-order valence-corrected chi connectivity index (χ4v) is 5.00. The second-order valence-corrected chi connectivity index (χ2v) is 9.01. The number of aromatic nitrogens is 2. The Bertz CT molecular complexity index is 1140. The molecule has 4 rings (SSSR count). The maximum Gasteiger partial charge on any atom is 0.258 e. The van der Waals surface area contributed by atoms with Gasteiger partial charge in [0, 0.05) is 21.4 Å². The standard InChI is InChI=1S/C20H17Cl2N3O2S/c1-11-4-3-5-18(12(11)2)25-19(15-9-28(27)10-17(15)24-25)23-20(26)14-7-6-13(21)8-16(14)22/h3-8H,9-10H2,1-2H3,(H,23,26)/t28-/m0/s1. The number of halogens is 2. The van der Waals surface area contributed by atoms with Crippen molar-refractivity contribution in [1.29, 1.82) is 0 Å². The third-order valence-electron chi connectivity index (χ3n) is 4.88. The van der Waals surface area contributed by atoms with Gasteiger partial charge in [0.2, 0.25) is 0 Å². The number of carbonyl (C=O) groups excluding carboxylic acids is 1. The van der Waals surface area contributed by atoms with Crippen LogP contribution in [0.3, 0.4) is 0 Å². The molecule has 28 heavy (non-hydrogen) atoms. The van der Waals surface area contributed by atoms with Crippen molar-refractivity contribution >= 4 is 45.7 Å². The zero-order valence-electron chi connectivity index (χ0n) is 15.3. The van der Waals surface area contributed by atoms with Crippen LogP contribution in [0.1, 0.15) is 32.7 Å². The van der Waals surface area contributed by atoms with Crippen LogP contribution in [0.25, 0.3) is 5.69 Å². The number of aryl methyl sites for hydroxylation is 1. The number of nitrogens with one attached hydrogen (secondary N) is 1. The van der Waals surface area contributed by atoms with Crippen molar-refractivity contribution in [3.8, 4) is 5.69 Å². The molecule has 1 aliphatic heterocycles. The molecular formula is C20H17Cl2N3O2S. The number of nitrogens with zero attached hydrogens (tertiary/aromatic N) is 2. The summed E-state index contributed by atoms with van der Waals surface area (Å²) in [5.74, 6) is 0.918. The maximum atomic E-state index is 12.9. The van der Waals surface area contributed by atoms with E-state index >= 15 is 0 Å². The van der Waals surface area contributed by atoms with Crippen molar-refractivity contribution in [3.05, 3.63) is 74.4 Å². The quantitative estimate of drug-likeness (QED) is 0.644. The van der Waals surface area contributed by atoms with Gasteiger partial charge in [-0.3, -0.25) is 9.00 Å². The van der Waals surface area contributed by atoms with Crippen molar-refractivity contribution in [2.45, 2.75) is 25.4 Å². The molecule has 1 aliphatic rings. The normalized spacial score (nSPS) is 15.5. The zero-order valence-corrected chi connectivity index (χ0v) is 17.6. The first-order valence-corrected chi connectivity index (χ1v) is 10.9. The first-order valence-electron chi connectivity index (χ1n) is 8.64. The molecule has 2 heterocycles. The molecule has 1 N–H and O–H groups in total. The minimum Gasteiger partial charge on any atom is -0.306 e. The summed E-state index contributed by atoms with van der Waals surface area (Å²) in [6.45, 7) is 4.04. The summed E-state index contributed by atoms with van der Waals surface area (Å²) < 4.78 is 13.8. The number of hydrogen-bond donors (Lipinski definition) is 1. The van der Waals surface area contributed by atoms with E-state index in [1.54, 1.807) is 16.8 Å². The van der Waals surface area contributed by atoms with Gasteiger partial charge in [-0.1, -0.05) is 35.3 Å². The monoisotopic (exact) mass is 433 g/mol. The Balaban J connectivity index is 1.80. The second-order valence-electron chi connectivity index (χ2n) is 6.71. The highest BCUT2D eigenvalue weighted by atomic mass is 35.5. The smallest absolute Gasteiger partial charge is 0.258 e. The van der Waals surface area contributed by atoms with Gasteiger partial charge in [-0.05, 0) is 49.2 Å². The highest BCUT2D eigenvalue weighted by molar-refractivity contribution is 7.83. The minimum absolute atomic E-state index is 0.267. The summed E-state index contributed by atoms with van der Waals surface area (Å²) in [7, 11) is -1.01. The van der Waals surface area contributed by atoms with Crippen LogP contribution in [0.4, 0.5) is 5.82 Å². The highest BCUT2D eigenvalue weighted by Gasteiger charge is 2.29. The maximum absolute atomic E-state index is 12.9. The third-order valence-corrected chi connectivity index (χ3v) is 6.64. The third kappa shape index (κ3) is 3.36. The van der Waals surface area contributed by atoms with Gasteiger partial charge in [0.15, 0.2) is 0 Å². The second kappa shape index (κ2) is 7.35. The Labute approximate surface area is 175 Å². The molecule has 2 aromatic carbocycles. The van der Waals surface area contributed by atoms with Crippen LogP contribution >= 0.6 is 23.2 Å². The van der Waals surface area contributed by atoms with Crippen molar-refractivity contribution in [2.24, 2.45) is 0 Å². The average Bonchev–Trinajstić information content (AvgIpc) is 3.14. The molecule has 0 saturated heterocycles. The van der Waals surface area contributed by atoms with E-state index in [-0.39, 0.29) is 10.9 Å². The molecule has 0 aliphatic carbocycles. The molecule has 3 aromatic rings. The number of anilines is 1. The van der Waals surface area contributed by atoms with Gasteiger partial charge < -0.3 is 5.32 Å². The summed E-state index contributed by atoms with van der Waals surface area (Å²) in [5, 5.41) is 8.31. The largest absolute Gasteiger partial charge is 0.306 e. The molecule has 8 heteroatoms. The molecule has 1 atom stereocenters. The number of rotatable bonds is 3. The molecule has 0 radical (unpaired) electrons. The topological polar surface area (TPSA) is 64.0 Å². The summed E-state index contributed by atoms with van der Waals surface area (Å²) in [5.41, 5.74) is 4.92. The van der Waals surface area contributed by atoms with E-state index in [0.717, 1.165) is 28.1 Å². The Morgan fingerprint density at radius 3 is 2.71 bits per heavy atom. The lowest BCUT2D eigenvalue weighted by molar-refractivity contribution is 0.102. The fourth-order valence-electron chi connectivity index (χ4n) is 3.24. The van der Waals surface area contributed by atoms with Crippen LogP contribution in [0.15, 0.2) is 36.4 Å². The molecule has 0 spiro atoms. The number of fused-ring (bicyclic) bond motifs is 1. The minimum atomic E-state index is -1.01. The zero-order chi connectivity index (χ0) is 20.0. The van der Waals surface area contributed by atoms with Crippen molar-refractivity contribution in [3.63, 3.8) is 0 Å². The van der Waals surface area contributed by atoms with Gasteiger partial charge in [0.25, 0.3) is 5.91 Å². The lowest BCUT2D eigenvalue weighted by Crippen LogP contribution is -2.17. The van der Waals surface area contributed by atoms with Crippen molar-refractivity contribution in [1.82, 2.24) is 9.78 Å². The Kier molecular flexibility index (Phi) is 5.04. The van der Waals surface area contributed by atoms with Gasteiger partial charge in [0.05, 0.1) is 33.5 Å². The van der Waals surface area contributed by atoms with Gasteiger partial charge in [0.1, 0.15) is 5.82 Å². The van der Waals surface area contributed by atoms with E-state index in [1.807, 2.05) is 32.0 Å². The van der Waals surface area contributed by atoms with Gasteiger partial charge in [-0.25, -0.2) is 4.68 Å². The number of carbonyl (C=O) groups is 1. The molecule has 1 amide bonds. The lowest BCUT2D eigenvalue weighted by atomic mass is 10.1. The van der Waals surface area contributed by atoms with E-state index in [2.05, 4.69) is 10.4 Å². The molecule has 144 valence electrons. The van der Waals surface area contributed by atoms with Crippen LogP contribution < -0.4 is 5.32 Å². The molecule has 0 bridgehead atoms. The van der Waals surface area contributed by atoms with Crippen LogP contribution in [-0.4, -0.2) is 19.9 Å². The molecular weight excluding hydrogens is 417 g/mol. The van der Waals surface area contributed by atoms with E-state index in [0.29, 0.717) is 27.9 Å². The molecule has 0 saturated carbocycles. The Morgan fingerprint density at radius 1 is 1.18 bits per heavy atom. The van der Waals surface area contributed by atoms with Crippen molar-refractivity contribution < 1.29 is 9.00 Å². The van der Waals surface area contributed by atoms with Gasteiger partial charge in [-0.15, -0.1) is 0 Å². The molecule has 1 aromatic heterocycles. The van der Waals surface area contributed by atoms with E-state index in [4.69, 9.17) is 23.2 Å². The van der Waals surface area contributed by atoms with E-state index < -0.39 is 10.8 Å². The fraction of sp³-hybridized carbons (Fsp3) is 0.200. The molecule has 0 fully saturated rings. The summed E-state index contributed by atoms with van der Waals surface area (Å²) in [4.78, 5) is 12.9.